The third-order valence-electron chi connectivity index (χ3n) is 2.79. The monoisotopic (exact) mass is 193 g/mol. The van der Waals surface area contributed by atoms with E-state index in [2.05, 4.69) is 4.98 Å². The number of aromatic nitrogens is 1. The molecule has 1 aliphatic rings. The molecule has 0 aromatic carbocycles. The summed E-state index contributed by atoms with van der Waals surface area (Å²) >= 11 is 0. The second kappa shape index (κ2) is 3.58. The lowest BCUT2D eigenvalue weighted by Crippen LogP contribution is -2.41. The molecule has 0 radical (unpaired) electrons. The van der Waals surface area contributed by atoms with Crippen LogP contribution < -0.4 is 0 Å². The van der Waals surface area contributed by atoms with Crippen molar-refractivity contribution >= 4 is 5.78 Å². The number of H-pyrrole nitrogens is 1. The molecule has 0 saturated carbocycles. The predicted octanol–water partition coefficient (Wildman–Crippen LogP) is 2.16. The molecule has 1 N–H and O–H groups in total. The minimum Gasteiger partial charge on any atom is -0.367 e. The van der Waals surface area contributed by atoms with Crippen molar-refractivity contribution in [3.05, 3.63) is 24.0 Å². The Morgan fingerprint density at radius 2 is 2.43 bits per heavy atom. The van der Waals surface area contributed by atoms with Gasteiger partial charge < -0.3 is 9.72 Å². The van der Waals surface area contributed by atoms with E-state index in [1.54, 1.807) is 12.3 Å². The van der Waals surface area contributed by atoms with Gasteiger partial charge in [-0.3, -0.25) is 4.79 Å². The van der Waals surface area contributed by atoms with Gasteiger partial charge >= 0.3 is 0 Å². The predicted molar refractivity (Wildman–Crippen MR) is 53.3 cm³/mol. The molecule has 3 heteroatoms. The molecule has 0 spiro atoms. The Kier molecular flexibility index (Phi) is 2.42. The maximum atomic E-state index is 12.0. The minimum absolute atomic E-state index is 0.0715. The summed E-state index contributed by atoms with van der Waals surface area (Å²) in [6.07, 6.45) is 4.72. The zero-order chi connectivity index (χ0) is 10.0. The largest absolute Gasteiger partial charge is 0.367 e. The fourth-order valence-corrected chi connectivity index (χ4v) is 1.87. The summed E-state index contributed by atoms with van der Waals surface area (Å²) in [5.41, 5.74) is 0.0396. The normalized spacial score (nSPS) is 27.5. The van der Waals surface area contributed by atoms with Crippen molar-refractivity contribution in [2.45, 2.75) is 31.8 Å². The van der Waals surface area contributed by atoms with Crippen LogP contribution in [0.2, 0.25) is 0 Å². The van der Waals surface area contributed by atoms with E-state index in [4.69, 9.17) is 4.74 Å². The Balaban J connectivity index is 2.17. The van der Waals surface area contributed by atoms with E-state index in [-0.39, 0.29) is 5.78 Å². The summed E-state index contributed by atoms with van der Waals surface area (Å²) in [6, 6.07) is 3.63. The number of hydrogen-bond donors (Lipinski definition) is 1. The van der Waals surface area contributed by atoms with Crippen molar-refractivity contribution in [2.75, 3.05) is 6.61 Å². The number of rotatable bonds is 2. The van der Waals surface area contributed by atoms with Crippen molar-refractivity contribution in [2.24, 2.45) is 0 Å². The van der Waals surface area contributed by atoms with Gasteiger partial charge in [0.25, 0.3) is 0 Å². The molecule has 3 nitrogen and oxygen atoms in total. The first-order chi connectivity index (χ1) is 6.72. The summed E-state index contributed by atoms with van der Waals surface area (Å²) in [5, 5.41) is 0. The van der Waals surface area contributed by atoms with Crippen LogP contribution in [0.15, 0.2) is 18.3 Å². The number of nitrogens with one attached hydrogen (secondary N) is 1. The van der Waals surface area contributed by atoms with Crippen LogP contribution in [-0.2, 0) is 4.74 Å². The van der Waals surface area contributed by atoms with Crippen LogP contribution in [0.4, 0.5) is 0 Å². The molecule has 2 rings (SSSR count). The zero-order valence-corrected chi connectivity index (χ0v) is 8.38. The molecule has 0 aliphatic carbocycles. The molecular formula is C11H15NO2. The first-order valence-corrected chi connectivity index (χ1v) is 5.04. The average Bonchev–Trinajstić information content (AvgIpc) is 2.70. The van der Waals surface area contributed by atoms with E-state index in [9.17, 15) is 4.79 Å². The van der Waals surface area contributed by atoms with Gasteiger partial charge in [-0.2, -0.15) is 0 Å². The van der Waals surface area contributed by atoms with E-state index in [1.165, 1.54) is 0 Å². The quantitative estimate of drug-likeness (QED) is 0.731. The molecule has 0 amide bonds. The second-order valence-corrected chi connectivity index (χ2v) is 3.95. The van der Waals surface area contributed by atoms with Crippen LogP contribution in [0.3, 0.4) is 0 Å². The lowest BCUT2D eigenvalue weighted by atomic mass is 9.90. The first-order valence-electron chi connectivity index (χ1n) is 5.04. The lowest BCUT2D eigenvalue weighted by molar-refractivity contribution is -0.0428. The maximum Gasteiger partial charge on any atom is 0.210 e. The molecule has 1 saturated heterocycles. The molecule has 1 unspecified atom stereocenters. The van der Waals surface area contributed by atoms with Gasteiger partial charge in [0.2, 0.25) is 5.78 Å². The van der Waals surface area contributed by atoms with Crippen LogP contribution in [0.25, 0.3) is 0 Å². The highest BCUT2D eigenvalue weighted by Gasteiger charge is 2.36. The molecule has 1 atom stereocenters. The SMILES string of the molecule is CC1(C(=O)c2ccc[nH]2)CCCCO1. The van der Waals surface area contributed by atoms with Gasteiger partial charge in [0.05, 0.1) is 5.69 Å². The third-order valence-corrected chi connectivity index (χ3v) is 2.79. The van der Waals surface area contributed by atoms with Crippen LogP contribution >= 0.6 is 0 Å². The van der Waals surface area contributed by atoms with Gasteiger partial charge in [0.15, 0.2) is 0 Å². The molecular weight excluding hydrogens is 178 g/mol. The van der Waals surface area contributed by atoms with Gasteiger partial charge in [-0.05, 0) is 38.3 Å². The van der Waals surface area contributed by atoms with E-state index in [0.717, 1.165) is 19.3 Å². The summed E-state index contributed by atoms with van der Waals surface area (Å²) in [6.45, 7) is 2.58. The van der Waals surface area contributed by atoms with Crippen molar-refractivity contribution in [3.8, 4) is 0 Å². The molecule has 1 fully saturated rings. The number of ketones is 1. The average molecular weight is 193 g/mol. The van der Waals surface area contributed by atoms with Crippen LogP contribution in [0.1, 0.15) is 36.7 Å². The molecule has 1 aromatic rings. The topological polar surface area (TPSA) is 42.1 Å². The number of ether oxygens (including phenoxy) is 1. The summed E-state index contributed by atoms with van der Waals surface area (Å²) in [4.78, 5) is 15.0. The Labute approximate surface area is 83.5 Å². The lowest BCUT2D eigenvalue weighted by Gasteiger charge is -2.31. The van der Waals surface area contributed by atoms with E-state index < -0.39 is 5.60 Å². The van der Waals surface area contributed by atoms with Crippen molar-refractivity contribution in [1.29, 1.82) is 0 Å². The molecule has 1 aromatic heterocycles. The summed E-state index contributed by atoms with van der Waals surface area (Å²) in [5.74, 6) is 0.0715. The Bertz CT molecular complexity index is 310. The maximum absolute atomic E-state index is 12.0. The van der Waals surface area contributed by atoms with E-state index in [1.807, 2.05) is 13.0 Å². The Morgan fingerprint density at radius 1 is 1.57 bits per heavy atom. The molecule has 0 bridgehead atoms. The van der Waals surface area contributed by atoms with Gasteiger partial charge in [0.1, 0.15) is 5.60 Å². The number of Topliss-reactive ketones (excluding diaryl/α,β-unsaturated/α-hetero) is 1. The highest BCUT2D eigenvalue weighted by Crippen LogP contribution is 2.27. The minimum atomic E-state index is -0.608. The smallest absolute Gasteiger partial charge is 0.210 e. The van der Waals surface area contributed by atoms with Gasteiger partial charge in [-0.1, -0.05) is 0 Å². The van der Waals surface area contributed by atoms with E-state index in [0.29, 0.717) is 12.3 Å². The third kappa shape index (κ3) is 1.60. The van der Waals surface area contributed by atoms with E-state index >= 15 is 0 Å². The fourth-order valence-electron chi connectivity index (χ4n) is 1.87. The van der Waals surface area contributed by atoms with Gasteiger partial charge in [-0.15, -0.1) is 0 Å². The van der Waals surface area contributed by atoms with Crippen molar-refractivity contribution in [1.82, 2.24) is 4.98 Å². The number of carbonyl (C=O) groups is 1. The number of aromatic amines is 1. The Hall–Kier alpha value is -1.09. The number of carbonyl (C=O) groups excluding carboxylic acids is 1. The molecule has 2 heterocycles. The van der Waals surface area contributed by atoms with Gasteiger partial charge in [-0.25, -0.2) is 0 Å². The highest BCUT2D eigenvalue weighted by molar-refractivity contribution is 6.00. The first kappa shape index (κ1) is 9.46. The zero-order valence-electron chi connectivity index (χ0n) is 8.38. The van der Waals surface area contributed by atoms with Crippen LogP contribution in [-0.4, -0.2) is 23.0 Å². The standard InChI is InChI=1S/C11H15NO2/c1-11(6-2-3-8-14-11)10(13)9-5-4-7-12-9/h4-5,7,12H,2-3,6,8H2,1H3. The molecule has 76 valence electrons. The summed E-state index contributed by atoms with van der Waals surface area (Å²) in [7, 11) is 0. The second-order valence-electron chi connectivity index (χ2n) is 3.95. The van der Waals surface area contributed by atoms with Crippen LogP contribution in [0.5, 0.6) is 0 Å². The number of hydrogen-bond acceptors (Lipinski definition) is 2. The Morgan fingerprint density at radius 3 is 3.00 bits per heavy atom. The van der Waals surface area contributed by atoms with Crippen LogP contribution in [0, 0.1) is 0 Å². The molecule has 1 aliphatic heterocycles. The van der Waals surface area contributed by atoms with Crippen molar-refractivity contribution < 1.29 is 9.53 Å². The fraction of sp³-hybridized carbons (Fsp3) is 0.545. The van der Waals surface area contributed by atoms with Crippen molar-refractivity contribution in [3.63, 3.8) is 0 Å². The highest BCUT2D eigenvalue weighted by atomic mass is 16.5. The van der Waals surface area contributed by atoms with Gasteiger partial charge in [0, 0.05) is 12.8 Å². The summed E-state index contributed by atoms with van der Waals surface area (Å²) < 4.78 is 5.58. The molecule has 14 heavy (non-hydrogen) atoms.